The number of esters is 1. The molecule has 2 aromatic carbocycles. The van der Waals surface area contributed by atoms with Crippen LogP contribution in [0, 0.1) is 6.92 Å². The monoisotopic (exact) mass is 398 g/mol. The summed E-state index contributed by atoms with van der Waals surface area (Å²) in [5.41, 5.74) is 2.32. The molecule has 1 N–H and O–H groups in total. The molecular weight excluding hydrogens is 371 g/mol. The van der Waals surface area contributed by atoms with E-state index in [0.717, 1.165) is 29.7 Å². The van der Waals surface area contributed by atoms with Crippen LogP contribution in [0.25, 0.3) is 0 Å². The van der Waals surface area contributed by atoms with Crippen LogP contribution in [0.1, 0.15) is 50.3 Å². The van der Waals surface area contributed by atoms with Crippen molar-refractivity contribution in [3.63, 3.8) is 0 Å². The van der Waals surface area contributed by atoms with Crippen LogP contribution in [0.5, 0.6) is 17.2 Å². The highest BCUT2D eigenvalue weighted by Gasteiger charge is 2.38. The molecule has 3 rings (SSSR count). The third-order valence-corrected chi connectivity index (χ3v) is 4.74. The Morgan fingerprint density at radius 1 is 1.17 bits per heavy atom. The maximum absolute atomic E-state index is 11.8. The average molecular weight is 398 g/mol. The SMILES string of the molecule is CCCCOc1cccc(Oc2cc(C)c3c(c2)B(O)OC3CC(=O)OCC)c1. The van der Waals surface area contributed by atoms with Crippen molar-refractivity contribution in [3.8, 4) is 17.2 Å². The van der Waals surface area contributed by atoms with Crippen LogP contribution in [0.3, 0.4) is 0 Å². The number of unbranched alkanes of at least 4 members (excludes halogenated alkanes) is 1. The van der Waals surface area contributed by atoms with Crippen LogP contribution in [-0.2, 0) is 14.2 Å². The summed E-state index contributed by atoms with van der Waals surface area (Å²) in [6.07, 6.45) is 1.62. The molecule has 0 radical (unpaired) electrons. The van der Waals surface area contributed by atoms with E-state index >= 15 is 0 Å². The zero-order chi connectivity index (χ0) is 20.8. The standard InChI is InChI=1S/C22H27BO6/c1-4-6-10-27-16-8-7-9-17(12-16)28-18-11-15(3)22-19(13-18)23(25)29-20(22)14-21(24)26-5-2/h7-9,11-13,20,25H,4-6,10,14H2,1-3H3. The van der Waals surface area contributed by atoms with E-state index in [-0.39, 0.29) is 12.4 Å². The van der Waals surface area contributed by atoms with Crippen molar-refractivity contribution in [3.05, 3.63) is 47.5 Å². The van der Waals surface area contributed by atoms with E-state index in [9.17, 15) is 9.82 Å². The Bertz CT molecular complexity index is 853. The number of carbonyl (C=O) groups excluding carboxylic acids is 1. The van der Waals surface area contributed by atoms with E-state index in [4.69, 9.17) is 18.9 Å². The van der Waals surface area contributed by atoms with Crippen LogP contribution in [0.4, 0.5) is 0 Å². The number of ether oxygens (including phenoxy) is 3. The summed E-state index contributed by atoms with van der Waals surface area (Å²) in [6.45, 7) is 6.77. The summed E-state index contributed by atoms with van der Waals surface area (Å²) < 4.78 is 22.3. The fourth-order valence-corrected chi connectivity index (χ4v) is 3.41. The summed E-state index contributed by atoms with van der Waals surface area (Å²) in [5.74, 6) is 1.64. The van der Waals surface area contributed by atoms with E-state index in [1.807, 2.05) is 37.3 Å². The number of hydrogen-bond acceptors (Lipinski definition) is 6. The van der Waals surface area contributed by atoms with Gasteiger partial charge in [0, 0.05) is 6.07 Å². The Morgan fingerprint density at radius 2 is 1.97 bits per heavy atom. The molecule has 1 heterocycles. The van der Waals surface area contributed by atoms with Crippen molar-refractivity contribution in [2.75, 3.05) is 13.2 Å². The third kappa shape index (κ3) is 5.31. The highest BCUT2D eigenvalue weighted by molar-refractivity contribution is 6.62. The van der Waals surface area contributed by atoms with Crippen LogP contribution in [-0.4, -0.2) is 31.3 Å². The second-order valence-electron chi connectivity index (χ2n) is 7.01. The van der Waals surface area contributed by atoms with E-state index in [1.54, 1.807) is 13.0 Å². The van der Waals surface area contributed by atoms with Gasteiger partial charge in [-0.15, -0.1) is 0 Å². The Hall–Kier alpha value is -2.51. The predicted octanol–water partition coefficient (Wildman–Crippen LogP) is 3.68. The van der Waals surface area contributed by atoms with Gasteiger partial charge in [0.25, 0.3) is 0 Å². The molecule has 0 fully saturated rings. The fraction of sp³-hybridized carbons (Fsp3) is 0.409. The summed E-state index contributed by atoms with van der Waals surface area (Å²) in [4.78, 5) is 11.8. The smallest absolute Gasteiger partial charge is 0.492 e. The third-order valence-electron chi connectivity index (χ3n) is 4.74. The van der Waals surface area contributed by atoms with Crippen molar-refractivity contribution in [1.29, 1.82) is 0 Å². The Morgan fingerprint density at radius 3 is 2.72 bits per heavy atom. The van der Waals surface area contributed by atoms with Gasteiger partial charge in [-0.3, -0.25) is 4.79 Å². The summed E-state index contributed by atoms with van der Waals surface area (Å²) in [5, 5.41) is 10.3. The molecule has 0 saturated carbocycles. The molecule has 0 aliphatic carbocycles. The minimum absolute atomic E-state index is 0.0656. The zero-order valence-electron chi connectivity index (χ0n) is 17.1. The first-order valence-electron chi connectivity index (χ1n) is 10.1. The van der Waals surface area contributed by atoms with Gasteiger partial charge in [0.1, 0.15) is 17.2 Å². The van der Waals surface area contributed by atoms with Gasteiger partial charge in [-0.05, 0) is 61.1 Å². The lowest BCUT2D eigenvalue weighted by Crippen LogP contribution is -2.28. The van der Waals surface area contributed by atoms with Gasteiger partial charge in [0.15, 0.2) is 0 Å². The molecule has 154 valence electrons. The highest BCUT2D eigenvalue weighted by Crippen LogP contribution is 2.34. The largest absolute Gasteiger partial charge is 0.493 e. The van der Waals surface area contributed by atoms with E-state index in [2.05, 4.69) is 6.92 Å². The second-order valence-corrected chi connectivity index (χ2v) is 7.01. The van der Waals surface area contributed by atoms with E-state index in [0.29, 0.717) is 30.2 Å². The molecule has 6 nitrogen and oxygen atoms in total. The lowest BCUT2D eigenvalue weighted by Gasteiger charge is -2.15. The highest BCUT2D eigenvalue weighted by atomic mass is 16.5. The van der Waals surface area contributed by atoms with Gasteiger partial charge in [-0.1, -0.05) is 19.4 Å². The minimum atomic E-state index is -1.10. The normalized spacial score (nSPS) is 15.2. The molecule has 1 unspecified atom stereocenters. The summed E-state index contributed by atoms with van der Waals surface area (Å²) in [6, 6.07) is 11.1. The minimum Gasteiger partial charge on any atom is -0.493 e. The maximum atomic E-state index is 11.8. The molecule has 1 aliphatic rings. The van der Waals surface area contributed by atoms with Crippen LogP contribution >= 0.6 is 0 Å². The number of fused-ring (bicyclic) bond motifs is 1. The molecule has 29 heavy (non-hydrogen) atoms. The molecule has 1 atom stereocenters. The summed E-state index contributed by atoms with van der Waals surface area (Å²) in [7, 11) is -1.10. The number of carbonyl (C=O) groups is 1. The quantitative estimate of drug-likeness (QED) is 0.395. The van der Waals surface area contributed by atoms with Crippen LogP contribution < -0.4 is 14.9 Å². The molecule has 1 aliphatic heterocycles. The van der Waals surface area contributed by atoms with Crippen molar-refractivity contribution >= 4 is 18.6 Å². The first-order valence-corrected chi connectivity index (χ1v) is 10.1. The number of benzene rings is 2. The topological polar surface area (TPSA) is 74.2 Å². The van der Waals surface area contributed by atoms with E-state index < -0.39 is 13.2 Å². The molecule has 0 aromatic heterocycles. The lowest BCUT2D eigenvalue weighted by molar-refractivity contribution is -0.145. The number of hydrogen-bond donors (Lipinski definition) is 1. The molecule has 2 aromatic rings. The maximum Gasteiger partial charge on any atom is 0.492 e. The molecule has 0 spiro atoms. The molecule has 0 saturated heterocycles. The van der Waals surface area contributed by atoms with Gasteiger partial charge < -0.3 is 23.9 Å². The summed E-state index contributed by atoms with van der Waals surface area (Å²) >= 11 is 0. The molecule has 7 heteroatoms. The van der Waals surface area contributed by atoms with Crippen molar-refractivity contribution < 1.29 is 28.7 Å². The molecular formula is C22H27BO6. The first-order chi connectivity index (χ1) is 14.0. The van der Waals surface area contributed by atoms with E-state index in [1.165, 1.54) is 0 Å². The average Bonchev–Trinajstić information content (AvgIpc) is 2.98. The van der Waals surface area contributed by atoms with Gasteiger partial charge in [0.2, 0.25) is 0 Å². The second kappa shape index (κ2) is 9.81. The lowest BCUT2D eigenvalue weighted by atomic mass is 9.77. The first kappa shape index (κ1) is 21.2. The van der Waals surface area contributed by atoms with Gasteiger partial charge in [-0.25, -0.2) is 0 Å². The van der Waals surface area contributed by atoms with Gasteiger partial charge in [0.05, 0.1) is 25.7 Å². The molecule has 0 amide bonds. The molecule has 0 bridgehead atoms. The van der Waals surface area contributed by atoms with Crippen molar-refractivity contribution in [2.45, 2.75) is 46.1 Å². The van der Waals surface area contributed by atoms with Crippen LogP contribution in [0.2, 0.25) is 0 Å². The van der Waals surface area contributed by atoms with Gasteiger partial charge >= 0.3 is 13.1 Å². The van der Waals surface area contributed by atoms with Crippen molar-refractivity contribution in [1.82, 2.24) is 0 Å². The number of aryl methyl sites for hydroxylation is 1. The van der Waals surface area contributed by atoms with Gasteiger partial charge in [-0.2, -0.15) is 0 Å². The Kier molecular flexibility index (Phi) is 7.17. The van der Waals surface area contributed by atoms with Crippen molar-refractivity contribution in [2.24, 2.45) is 0 Å². The Labute approximate surface area is 171 Å². The fourth-order valence-electron chi connectivity index (χ4n) is 3.41. The Balaban J connectivity index is 1.76. The zero-order valence-corrected chi connectivity index (χ0v) is 17.1. The predicted molar refractivity (Wildman–Crippen MR) is 111 cm³/mol. The number of rotatable bonds is 9. The van der Waals surface area contributed by atoms with Crippen LogP contribution in [0.15, 0.2) is 36.4 Å².